The van der Waals surface area contributed by atoms with Crippen molar-refractivity contribution >= 4 is 5.91 Å². The largest absolute Gasteiger partial charge is 0.394 e. The number of hydrogen-bond acceptors (Lipinski definition) is 4. The molecule has 0 unspecified atom stereocenters. The van der Waals surface area contributed by atoms with Gasteiger partial charge in [0.05, 0.1) is 18.8 Å². The first kappa shape index (κ1) is 11.4. The fraction of sp³-hybridized carbons (Fsp3) is 0.889. The number of nitrogens with two attached hydrogens (primary N) is 1. The van der Waals surface area contributed by atoms with Gasteiger partial charge in [0, 0.05) is 13.2 Å². The second-order valence-corrected chi connectivity index (χ2v) is 3.60. The molecule has 0 aromatic rings. The summed E-state index contributed by atoms with van der Waals surface area (Å²) >= 11 is 0. The molecule has 1 rings (SSSR count). The van der Waals surface area contributed by atoms with Crippen LogP contribution in [0.4, 0.5) is 0 Å². The molecule has 5 nitrogen and oxygen atoms in total. The van der Waals surface area contributed by atoms with Crippen LogP contribution >= 0.6 is 0 Å². The Bertz CT molecular complexity index is 192. The fourth-order valence-corrected chi connectivity index (χ4v) is 1.08. The molecule has 0 spiro atoms. The van der Waals surface area contributed by atoms with Crippen molar-refractivity contribution in [3.63, 3.8) is 0 Å². The molecule has 1 saturated carbocycles. The summed E-state index contributed by atoms with van der Waals surface area (Å²) in [7, 11) is 0. The van der Waals surface area contributed by atoms with Gasteiger partial charge < -0.3 is 20.9 Å². The van der Waals surface area contributed by atoms with Crippen LogP contribution in [0.1, 0.15) is 19.3 Å². The Hall–Kier alpha value is -0.650. The molecular weight excluding hydrogens is 184 g/mol. The van der Waals surface area contributed by atoms with E-state index < -0.39 is 5.54 Å². The van der Waals surface area contributed by atoms with Gasteiger partial charge in [0.2, 0.25) is 5.91 Å². The lowest BCUT2D eigenvalue weighted by Gasteiger charge is -2.09. The minimum absolute atomic E-state index is 0.0400. The van der Waals surface area contributed by atoms with Crippen LogP contribution in [0.25, 0.3) is 0 Å². The highest BCUT2D eigenvalue weighted by atomic mass is 16.5. The molecule has 0 radical (unpaired) electrons. The Morgan fingerprint density at radius 3 is 2.79 bits per heavy atom. The van der Waals surface area contributed by atoms with Gasteiger partial charge in [-0.1, -0.05) is 0 Å². The Labute approximate surface area is 83.6 Å². The molecule has 0 bridgehead atoms. The van der Waals surface area contributed by atoms with Gasteiger partial charge in [-0.3, -0.25) is 4.79 Å². The number of carbonyl (C=O) groups is 1. The van der Waals surface area contributed by atoms with Gasteiger partial charge in [0.25, 0.3) is 0 Å². The third kappa shape index (κ3) is 3.61. The van der Waals surface area contributed by atoms with E-state index in [1.54, 1.807) is 0 Å². The molecular formula is C9H18N2O3. The van der Waals surface area contributed by atoms with Crippen molar-refractivity contribution in [2.75, 3.05) is 26.4 Å². The molecule has 0 aliphatic heterocycles. The topological polar surface area (TPSA) is 84.6 Å². The molecule has 14 heavy (non-hydrogen) atoms. The van der Waals surface area contributed by atoms with E-state index >= 15 is 0 Å². The summed E-state index contributed by atoms with van der Waals surface area (Å²) in [6, 6.07) is 0. The summed E-state index contributed by atoms with van der Waals surface area (Å²) < 4.78 is 5.03. The Morgan fingerprint density at radius 2 is 2.21 bits per heavy atom. The summed E-state index contributed by atoms with van der Waals surface area (Å²) in [5.74, 6) is -0.0559. The molecule has 0 aromatic heterocycles. The number of hydrogen-bond donors (Lipinski definition) is 3. The number of rotatable bonds is 7. The van der Waals surface area contributed by atoms with Crippen LogP contribution in [0.5, 0.6) is 0 Å². The average Bonchev–Trinajstić information content (AvgIpc) is 2.91. The van der Waals surface area contributed by atoms with Gasteiger partial charge in [-0.15, -0.1) is 0 Å². The van der Waals surface area contributed by atoms with Crippen molar-refractivity contribution in [3.8, 4) is 0 Å². The lowest BCUT2D eigenvalue weighted by Crippen LogP contribution is -2.43. The highest BCUT2D eigenvalue weighted by molar-refractivity contribution is 5.88. The molecule has 1 amide bonds. The maximum atomic E-state index is 11.3. The first-order chi connectivity index (χ1) is 6.69. The summed E-state index contributed by atoms with van der Waals surface area (Å²) in [6.07, 6.45) is 2.33. The number of aliphatic hydroxyl groups is 1. The van der Waals surface area contributed by atoms with E-state index in [0.29, 0.717) is 19.8 Å². The molecule has 1 aliphatic rings. The molecule has 1 fully saturated rings. The monoisotopic (exact) mass is 202 g/mol. The van der Waals surface area contributed by atoms with Gasteiger partial charge in [0.1, 0.15) is 0 Å². The van der Waals surface area contributed by atoms with E-state index in [9.17, 15) is 4.79 Å². The smallest absolute Gasteiger partial charge is 0.240 e. The first-order valence-electron chi connectivity index (χ1n) is 4.95. The van der Waals surface area contributed by atoms with Gasteiger partial charge in [0.15, 0.2) is 0 Å². The van der Waals surface area contributed by atoms with E-state index in [0.717, 1.165) is 19.3 Å². The second-order valence-electron chi connectivity index (χ2n) is 3.60. The molecule has 0 saturated heterocycles. The fourth-order valence-electron chi connectivity index (χ4n) is 1.08. The van der Waals surface area contributed by atoms with Crippen molar-refractivity contribution in [1.82, 2.24) is 5.32 Å². The lowest BCUT2D eigenvalue weighted by atomic mass is 10.2. The highest BCUT2D eigenvalue weighted by Gasteiger charge is 2.45. The maximum Gasteiger partial charge on any atom is 0.240 e. The lowest BCUT2D eigenvalue weighted by molar-refractivity contribution is -0.123. The summed E-state index contributed by atoms with van der Waals surface area (Å²) in [4.78, 5) is 11.3. The minimum Gasteiger partial charge on any atom is -0.394 e. The minimum atomic E-state index is -0.577. The Kier molecular flexibility index (Phi) is 4.31. The molecule has 4 N–H and O–H groups in total. The number of ether oxygens (including phenoxy) is 1. The number of amides is 1. The van der Waals surface area contributed by atoms with Gasteiger partial charge in [-0.2, -0.15) is 0 Å². The van der Waals surface area contributed by atoms with Gasteiger partial charge >= 0.3 is 0 Å². The van der Waals surface area contributed by atoms with Crippen LogP contribution in [0.3, 0.4) is 0 Å². The van der Waals surface area contributed by atoms with Crippen LogP contribution in [0, 0.1) is 0 Å². The SMILES string of the molecule is NC1(C(=O)NCCCOCCO)CC1. The standard InChI is InChI=1S/C9H18N2O3/c10-9(2-3-9)8(13)11-4-1-6-14-7-5-12/h12H,1-7,10H2,(H,11,13). The molecule has 5 heteroatoms. The predicted molar refractivity (Wildman–Crippen MR) is 51.7 cm³/mol. The van der Waals surface area contributed by atoms with Crippen molar-refractivity contribution in [1.29, 1.82) is 0 Å². The van der Waals surface area contributed by atoms with E-state index in [2.05, 4.69) is 5.32 Å². The van der Waals surface area contributed by atoms with Crippen molar-refractivity contribution in [2.24, 2.45) is 5.73 Å². The zero-order chi connectivity index (χ0) is 10.4. The predicted octanol–water partition coefficient (Wildman–Crippen LogP) is -1.01. The van der Waals surface area contributed by atoms with Crippen LogP contribution in [0.15, 0.2) is 0 Å². The quantitative estimate of drug-likeness (QED) is 0.462. The van der Waals surface area contributed by atoms with Crippen molar-refractivity contribution < 1.29 is 14.6 Å². The maximum absolute atomic E-state index is 11.3. The number of carbonyl (C=O) groups excluding carboxylic acids is 1. The summed E-state index contributed by atoms with van der Waals surface area (Å²) in [5, 5.41) is 11.2. The van der Waals surface area contributed by atoms with Gasteiger partial charge in [-0.05, 0) is 19.3 Å². The van der Waals surface area contributed by atoms with E-state index in [1.165, 1.54) is 0 Å². The van der Waals surface area contributed by atoms with Crippen molar-refractivity contribution in [2.45, 2.75) is 24.8 Å². The Balaban J connectivity index is 1.91. The van der Waals surface area contributed by atoms with Crippen LogP contribution < -0.4 is 11.1 Å². The van der Waals surface area contributed by atoms with Crippen molar-refractivity contribution in [3.05, 3.63) is 0 Å². The summed E-state index contributed by atoms with van der Waals surface area (Å²) in [6.45, 7) is 1.54. The van der Waals surface area contributed by atoms with E-state index in [4.69, 9.17) is 15.6 Å². The summed E-state index contributed by atoms with van der Waals surface area (Å²) in [5.41, 5.74) is 5.10. The molecule has 0 aromatic carbocycles. The highest BCUT2D eigenvalue weighted by Crippen LogP contribution is 2.31. The molecule has 0 heterocycles. The third-order valence-corrected chi connectivity index (χ3v) is 2.23. The number of aliphatic hydroxyl groups excluding tert-OH is 1. The molecule has 1 aliphatic carbocycles. The average molecular weight is 202 g/mol. The third-order valence-electron chi connectivity index (χ3n) is 2.23. The van der Waals surface area contributed by atoms with E-state index in [-0.39, 0.29) is 12.5 Å². The zero-order valence-corrected chi connectivity index (χ0v) is 8.29. The first-order valence-corrected chi connectivity index (χ1v) is 4.95. The number of nitrogens with one attached hydrogen (secondary N) is 1. The zero-order valence-electron chi connectivity index (χ0n) is 8.29. The molecule has 0 atom stereocenters. The van der Waals surface area contributed by atoms with Crippen LogP contribution in [0.2, 0.25) is 0 Å². The second kappa shape index (κ2) is 5.29. The normalized spacial score (nSPS) is 17.9. The van der Waals surface area contributed by atoms with E-state index in [1.807, 2.05) is 0 Å². The van der Waals surface area contributed by atoms with Gasteiger partial charge in [-0.25, -0.2) is 0 Å². The van der Waals surface area contributed by atoms with Crippen LogP contribution in [-0.4, -0.2) is 42.9 Å². The Morgan fingerprint density at radius 1 is 1.50 bits per heavy atom. The molecule has 82 valence electrons. The van der Waals surface area contributed by atoms with Crippen LogP contribution in [-0.2, 0) is 9.53 Å².